The molecule has 0 aliphatic heterocycles. The van der Waals surface area contributed by atoms with Crippen LogP contribution in [0.3, 0.4) is 0 Å². The third kappa shape index (κ3) is 1.84. The Morgan fingerprint density at radius 1 is 1.32 bits per heavy atom. The minimum atomic E-state index is 0.566. The van der Waals surface area contributed by atoms with Gasteiger partial charge in [0.2, 0.25) is 12.3 Å². The number of aromatic nitrogens is 2. The third-order valence-corrected chi connectivity index (χ3v) is 4.18. The van der Waals surface area contributed by atoms with E-state index in [1.54, 1.807) is 0 Å². The van der Waals surface area contributed by atoms with Crippen molar-refractivity contribution in [1.29, 1.82) is 0 Å². The predicted octanol–water partition coefficient (Wildman–Crippen LogP) is 3.11. The average Bonchev–Trinajstić information content (AvgIpc) is 3.06. The molecular weight excluding hydrogens is 238 g/mol. The molecule has 1 fully saturated rings. The maximum atomic E-state index is 5.23. The van der Waals surface area contributed by atoms with Gasteiger partial charge in [-0.3, -0.25) is 0 Å². The molecular formula is C15H15N3O. The fourth-order valence-corrected chi connectivity index (χ4v) is 3.14. The van der Waals surface area contributed by atoms with E-state index in [1.165, 1.54) is 19.2 Å². The lowest BCUT2D eigenvalue weighted by molar-refractivity contribution is 0.218. The van der Waals surface area contributed by atoms with Crippen LogP contribution in [0.5, 0.6) is 0 Å². The molecule has 4 heteroatoms. The van der Waals surface area contributed by atoms with Gasteiger partial charge in [-0.2, -0.15) is 0 Å². The van der Waals surface area contributed by atoms with Gasteiger partial charge in [-0.05, 0) is 37.0 Å². The molecule has 1 saturated carbocycles. The van der Waals surface area contributed by atoms with Crippen molar-refractivity contribution in [2.75, 3.05) is 5.32 Å². The van der Waals surface area contributed by atoms with Gasteiger partial charge in [-0.25, -0.2) is 0 Å². The Bertz CT molecular complexity index is 606. The Labute approximate surface area is 111 Å². The normalized spacial score (nSPS) is 27.9. The molecule has 96 valence electrons. The first-order valence-corrected chi connectivity index (χ1v) is 6.70. The SMILES string of the molecule is C1=CC2C(C1)CC2Nc1cccc(-c2nnco2)c1. The molecule has 19 heavy (non-hydrogen) atoms. The summed E-state index contributed by atoms with van der Waals surface area (Å²) < 4.78 is 5.23. The van der Waals surface area contributed by atoms with Crippen molar-refractivity contribution in [3.8, 4) is 11.5 Å². The van der Waals surface area contributed by atoms with E-state index in [0.29, 0.717) is 17.9 Å². The highest BCUT2D eigenvalue weighted by atomic mass is 16.4. The smallest absolute Gasteiger partial charge is 0.247 e. The van der Waals surface area contributed by atoms with Crippen molar-refractivity contribution in [2.24, 2.45) is 11.8 Å². The van der Waals surface area contributed by atoms with Crippen LogP contribution in [0.25, 0.3) is 11.5 Å². The lowest BCUT2D eigenvalue weighted by atomic mass is 9.71. The third-order valence-electron chi connectivity index (χ3n) is 4.18. The highest BCUT2D eigenvalue weighted by Crippen LogP contribution is 2.44. The summed E-state index contributed by atoms with van der Waals surface area (Å²) in [6.45, 7) is 0. The molecule has 0 saturated heterocycles. The Morgan fingerprint density at radius 2 is 2.32 bits per heavy atom. The number of hydrogen-bond donors (Lipinski definition) is 1. The molecule has 3 atom stereocenters. The Kier molecular flexibility index (Phi) is 2.40. The second-order valence-electron chi connectivity index (χ2n) is 5.31. The van der Waals surface area contributed by atoms with Crippen LogP contribution in [-0.4, -0.2) is 16.2 Å². The molecule has 1 heterocycles. The van der Waals surface area contributed by atoms with Crippen LogP contribution in [0.15, 0.2) is 47.2 Å². The minimum absolute atomic E-state index is 0.566. The van der Waals surface area contributed by atoms with E-state index in [-0.39, 0.29) is 0 Å². The Morgan fingerprint density at radius 3 is 3.16 bits per heavy atom. The van der Waals surface area contributed by atoms with E-state index in [0.717, 1.165) is 17.2 Å². The molecule has 4 nitrogen and oxygen atoms in total. The summed E-state index contributed by atoms with van der Waals surface area (Å²) in [5, 5.41) is 11.3. The molecule has 2 aliphatic rings. The van der Waals surface area contributed by atoms with Gasteiger partial charge in [0.15, 0.2) is 0 Å². The highest BCUT2D eigenvalue weighted by molar-refractivity contribution is 5.61. The molecule has 0 bridgehead atoms. The molecule has 0 spiro atoms. The fourth-order valence-electron chi connectivity index (χ4n) is 3.14. The van der Waals surface area contributed by atoms with E-state index in [2.05, 4.69) is 39.8 Å². The molecule has 0 radical (unpaired) electrons. The largest absolute Gasteiger partial charge is 0.423 e. The van der Waals surface area contributed by atoms with Gasteiger partial charge in [-0.1, -0.05) is 18.2 Å². The number of fused-ring (bicyclic) bond motifs is 1. The quantitative estimate of drug-likeness (QED) is 0.854. The van der Waals surface area contributed by atoms with Crippen LogP contribution in [0, 0.1) is 11.8 Å². The van der Waals surface area contributed by atoms with E-state index in [9.17, 15) is 0 Å². The zero-order chi connectivity index (χ0) is 12.7. The number of hydrogen-bond acceptors (Lipinski definition) is 4. The average molecular weight is 253 g/mol. The van der Waals surface area contributed by atoms with Crippen LogP contribution in [0.2, 0.25) is 0 Å². The number of allylic oxidation sites excluding steroid dienone is 1. The first kappa shape index (κ1) is 10.8. The molecule has 2 aliphatic carbocycles. The molecule has 2 aromatic rings. The summed E-state index contributed by atoms with van der Waals surface area (Å²) in [6, 6.07) is 8.73. The lowest BCUT2D eigenvalue weighted by Crippen LogP contribution is -2.43. The minimum Gasteiger partial charge on any atom is -0.423 e. The van der Waals surface area contributed by atoms with E-state index >= 15 is 0 Å². The molecule has 0 amide bonds. The molecule has 4 rings (SSSR count). The van der Waals surface area contributed by atoms with Gasteiger partial charge in [0, 0.05) is 23.2 Å². The fraction of sp³-hybridized carbons (Fsp3) is 0.333. The first-order chi connectivity index (χ1) is 9.40. The van der Waals surface area contributed by atoms with Crippen molar-refractivity contribution in [1.82, 2.24) is 10.2 Å². The summed E-state index contributed by atoms with van der Waals surface area (Å²) in [4.78, 5) is 0. The number of benzene rings is 1. The van der Waals surface area contributed by atoms with Crippen molar-refractivity contribution < 1.29 is 4.42 Å². The standard InChI is InChI=1S/C15H15N3O/c1-4-11(15-18-16-9-19-15)7-12(5-1)17-14-8-10-3-2-6-13(10)14/h1-2,4-7,9-10,13-14,17H,3,8H2. The van der Waals surface area contributed by atoms with Gasteiger partial charge < -0.3 is 9.73 Å². The second kappa shape index (κ2) is 4.23. The predicted molar refractivity (Wildman–Crippen MR) is 72.5 cm³/mol. The summed E-state index contributed by atoms with van der Waals surface area (Å²) in [5.74, 6) is 2.15. The number of nitrogens with one attached hydrogen (secondary N) is 1. The molecule has 1 N–H and O–H groups in total. The van der Waals surface area contributed by atoms with E-state index in [4.69, 9.17) is 4.42 Å². The van der Waals surface area contributed by atoms with Gasteiger partial charge in [-0.15, -0.1) is 10.2 Å². The van der Waals surface area contributed by atoms with Crippen molar-refractivity contribution in [2.45, 2.75) is 18.9 Å². The van der Waals surface area contributed by atoms with Crippen LogP contribution >= 0.6 is 0 Å². The van der Waals surface area contributed by atoms with Crippen LogP contribution < -0.4 is 5.32 Å². The maximum Gasteiger partial charge on any atom is 0.247 e. The zero-order valence-electron chi connectivity index (χ0n) is 10.5. The molecule has 3 unspecified atom stereocenters. The summed E-state index contributed by atoms with van der Waals surface area (Å²) in [7, 11) is 0. The maximum absolute atomic E-state index is 5.23. The highest BCUT2D eigenvalue weighted by Gasteiger charge is 2.40. The number of anilines is 1. The van der Waals surface area contributed by atoms with E-state index < -0.39 is 0 Å². The van der Waals surface area contributed by atoms with Crippen LogP contribution in [-0.2, 0) is 0 Å². The zero-order valence-corrected chi connectivity index (χ0v) is 10.5. The summed E-state index contributed by atoms with van der Waals surface area (Å²) >= 11 is 0. The topological polar surface area (TPSA) is 51.0 Å². The molecule has 1 aromatic heterocycles. The van der Waals surface area contributed by atoms with Gasteiger partial charge in [0.1, 0.15) is 0 Å². The summed E-state index contributed by atoms with van der Waals surface area (Å²) in [5.41, 5.74) is 2.08. The van der Waals surface area contributed by atoms with Gasteiger partial charge in [0.25, 0.3) is 0 Å². The van der Waals surface area contributed by atoms with Crippen molar-refractivity contribution in [3.63, 3.8) is 0 Å². The lowest BCUT2D eigenvalue weighted by Gasteiger charge is -2.41. The van der Waals surface area contributed by atoms with Gasteiger partial charge >= 0.3 is 0 Å². The van der Waals surface area contributed by atoms with E-state index in [1.807, 2.05) is 12.1 Å². The van der Waals surface area contributed by atoms with Crippen LogP contribution in [0.4, 0.5) is 5.69 Å². The number of rotatable bonds is 3. The summed E-state index contributed by atoms with van der Waals surface area (Å²) in [6.07, 6.45) is 8.54. The second-order valence-corrected chi connectivity index (χ2v) is 5.31. The van der Waals surface area contributed by atoms with Crippen LogP contribution in [0.1, 0.15) is 12.8 Å². The van der Waals surface area contributed by atoms with Crippen molar-refractivity contribution in [3.05, 3.63) is 42.8 Å². The Balaban J connectivity index is 1.53. The monoisotopic (exact) mass is 253 g/mol. The Hall–Kier alpha value is -2.10. The first-order valence-electron chi connectivity index (χ1n) is 6.70. The van der Waals surface area contributed by atoms with Crippen molar-refractivity contribution >= 4 is 5.69 Å². The molecule has 1 aromatic carbocycles. The van der Waals surface area contributed by atoms with Gasteiger partial charge in [0.05, 0.1) is 0 Å². The number of nitrogens with zero attached hydrogens (tertiary/aromatic N) is 2.